The molecule has 1 aromatic rings. The fourth-order valence-electron chi connectivity index (χ4n) is 3.98. The lowest BCUT2D eigenvalue weighted by Gasteiger charge is -2.32. The summed E-state index contributed by atoms with van der Waals surface area (Å²) in [5.41, 5.74) is 3.44. The molecule has 2 rings (SSSR count). The van der Waals surface area contributed by atoms with Gasteiger partial charge in [0.15, 0.2) is 5.78 Å². The van der Waals surface area contributed by atoms with Crippen LogP contribution in [0, 0.1) is 0 Å². The highest BCUT2D eigenvalue weighted by Gasteiger charge is 2.56. The number of carbonyl (C=O) groups excluding carboxylic acids is 1. The number of carbonyl (C=O) groups is 1. The van der Waals surface area contributed by atoms with Gasteiger partial charge in [0, 0.05) is 14.2 Å². The molecule has 1 aliphatic carbocycles. The van der Waals surface area contributed by atoms with Gasteiger partial charge in [-0.15, -0.1) is 0 Å². The Morgan fingerprint density at radius 1 is 0.931 bits per heavy atom. The molecule has 162 valence electrons. The summed E-state index contributed by atoms with van der Waals surface area (Å²) in [6.07, 6.45) is 6.19. The van der Waals surface area contributed by atoms with Crippen LogP contribution in [0.25, 0.3) is 6.08 Å². The SMILES string of the molecule is COP(=O)(OC)C1(C(=O)/C=C/c2cc(C(C)(C)C)cc(C(C)(C)C)c2)CCCC1. The van der Waals surface area contributed by atoms with E-state index in [-0.39, 0.29) is 16.6 Å². The number of hydrogen-bond acceptors (Lipinski definition) is 4. The van der Waals surface area contributed by atoms with Gasteiger partial charge in [-0.1, -0.05) is 78.7 Å². The van der Waals surface area contributed by atoms with Crippen molar-refractivity contribution < 1.29 is 18.4 Å². The zero-order valence-electron chi connectivity index (χ0n) is 19.3. The lowest BCUT2D eigenvalue weighted by Crippen LogP contribution is -2.35. The van der Waals surface area contributed by atoms with E-state index in [2.05, 4.69) is 59.7 Å². The quantitative estimate of drug-likeness (QED) is 0.381. The first-order chi connectivity index (χ1) is 13.3. The second-order valence-corrected chi connectivity index (χ2v) is 12.7. The maximum atomic E-state index is 13.2. The van der Waals surface area contributed by atoms with Crippen LogP contribution in [0.5, 0.6) is 0 Å². The first kappa shape index (κ1) is 24.1. The van der Waals surface area contributed by atoms with Crippen LogP contribution in [0.15, 0.2) is 24.3 Å². The molecule has 0 aromatic heterocycles. The average molecular weight is 421 g/mol. The van der Waals surface area contributed by atoms with Crippen LogP contribution >= 0.6 is 7.60 Å². The molecule has 0 unspecified atom stereocenters. The lowest BCUT2D eigenvalue weighted by molar-refractivity contribution is -0.117. The van der Waals surface area contributed by atoms with Crippen LogP contribution in [-0.4, -0.2) is 25.2 Å². The van der Waals surface area contributed by atoms with Crippen LogP contribution in [0.3, 0.4) is 0 Å². The van der Waals surface area contributed by atoms with Gasteiger partial charge >= 0.3 is 7.60 Å². The van der Waals surface area contributed by atoms with E-state index in [1.165, 1.54) is 25.3 Å². The van der Waals surface area contributed by atoms with E-state index in [9.17, 15) is 9.36 Å². The largest absolute Gasteiger partial charge is 0.343 e. The molecule has 0 bridgehead atoms. The highest BCUT2D eigenvalue weighted by Crippen LogP contribution is 2.65. The van der Waals surface area contributed by atoms with E-state index in [1.54, 1.807) is 6.08 Å². The summed E-state index contributed by atoms with van der Waals surface area (Å²) < 4.78 is 23.7. The molecule has 0 atom stereocenters. The van der Waals surface area contributed by atoms with E-state index in [0.29, 0.717) is 12.8 Å². The van der Waals surface area contributed by atoms with Crippen LogP contribution in [0.4, 0.5) is 0 Å². The molecular formula is C24H37O4P. The highest BCUT2D eigenvalue weighted by atomic mass is 31.2. The van der Waals surface area contributed by atoms with Crippen LogP contribution in [-0.2, 0) is 29.2 Å². The molecule has 0 aliphatic heterocycles. The summed E-state index contributed by atoms with van der Waals surface area (Å²) >= 11 is 0. The van der Waals surface area contributed by atoms with Crippen LogP contribution in [0.1, 0.15) is 83.9 Å². The van der Waals surface area contributed by atoms with Gasteiger partial charge in [-0.3, -0.25) is 9.36 Å². The maximum Gasteiger partial charge on any atom is 0.343 e. The zero-order valence-corrected chi connectivity index (χ0v) is 20.2. The second-order valence-electron chi connectivity index (χ2n) is 10.1. The molecule has 0 heterocycles. The third kappa shape index (κ3) is 4.93. The minimum atomic E-state index is -3.51. The van der Waals surface area contributed by atoms with E-state index in [0.717, 1.165) is 18.4 Å². The number of benzene rings is 1. The Morgan fingerprint density at radius 3 is 1.76 bits per heavy atom. The Hall–Kier alpha value is -1.22. The highest BCUT2D eigenvalue weighted by molar-refractivity contribution is 7.56. The van der Waals surface area contributed by atoms with Gasteiger partial charge in [-0.25, -0.2) is 0 Å². The van der Waals surface area contributed by atoms with Crippen molar-refractivity contribution in [3.05, 3.63) is 41.0 Å². The van der Waals surface area contributed by atoms with Crippen LogP contribution < -0.4 is 0 Å². The minimum absolute atomic E-state index is 0.00232. The predicted molar refractivity (Wildman–Crippen MR) is 121 cm³/mol. The standard InChI is InChI=1S/C24H37O4P/c1-22(2,3)19-15-18(16-20(17-19)23(4,5)6)11-12-21(25)24(13-9-10-14-24)29(26,27-7)28-8/h11-12,15-17H,9-10,13-14H2,1-8H3/b12-11+. The molecule has 1 saturated carbocycles. The zero-order chi connectivity index (χ0) is 22.1. The summed E-state index contributed by atoms with van der Waals surface area (Å²) in [7, 11) is -0.781. The van der Waals surface area contributed by atoms with Crippen molar-refractivity contribution in [2.75, 3.05) is 14.2 Å². The number of allylic oxidation sites excluding steroid dienone is 1. The van der Waals surface area contributed by atoms with Gasteiger partial charge in [0.1, 0.15) is 5.16 Å². The molecule has 0 radical (unpaired) electrons. The monoisotopic (exact) mass is 420 g/mol. The molecular weight excluding hydrogens is 383 g/mol. The molecule has 1 aliphatic rings. The van der Waals surface area contributed by atoms with Crippen LogP contribution in [0.2, 0.25) is 0 Å². The molecule has 1 aromatic carbocycles. The first-order valence-corrected chi connectivity index (χ1v) is 11.9. The number of rotatable bonds is 6. The first-order valence-electron chi connectivity index (χ1n) is 10.4. The van der Waals surface area contributed by atoms with Gasteiger partial charge < -0.3 is 9.05 Å². The van der Waals surface area contributed by atoms with Gasteiger partial charge in [-0.05, 0) is 46.4 Å². The van der Waals surface area contributed by atoms with E-state index in [1.807, 2.05) is 6.08 Å². The molecule has 1 fully saturated rings. The Labute approximate surface area is 176 Å². The summed E-state index contributed by atoms with van der Waals surface area (Å²) in [5.74, 6) is -0.166. The minimum Gasteiger partial charge on any atom is -0.311 e. The van der Waals surface area contributed by atoms with Crippen molar-refractivity contribution in [2.24, 2.45) is 0 Å². The van der Waals surface area contributed by atoms with Crippen molar-refractivity contribution in [3.63, 3.8) is 0 Å². The normalized spacial score (nSPS) is 17.8. The van der Waals surface area contributed by atoms with Gasteiger partial charge in [0.2, 0.25) is 0 Å². The van der Waals surface area contributed by atoms with Crippen molar-refractivity contribution in [1.82, 2.24) is 0 Å². The van der Waals surface area contributed by atoms with Gasteiger partial charge in [0.25, 0.3) is 0 Å². The van der Waals surface area contributed by atoms with E-state index < -0.39 is 12.8 Å². The summed E-state index contributed by atoms with van der Waals surface area (Å²) in [4.78, 5) is 13.2. The van der Waals surface area contributed by atoms with Crippen molar-refractivity contribution in [3.8, 4) is 0 Å². The molecule has 5 heteroatoms. The lowest BCUT2D eigenvalue weighted by atomic mass is 9.79. The Balaban J connectivity index is 2.47. The summed E-state index contributed by atoms with van der Waals surface area (Å²) in [6.45, 7) is 13.1. The summed E-state index contributed by atoms with van der Waals surface area (Å²) in [6, 6.07) is 6.51. The topological polar surface area (TPSA) is 52.6 Å². The molecule has 0 saturated heterocycles. The average Bonchev–Trinajstić information content (AvgIpc) is 3.15. The van der Waals surface area contributed by atoms with Gasteiger partial charge in [-0.2, -0.15) is 0 Å². The molecule has 0 amide bonds. The molecule has 29 heavy (non-hydrogen) atoms. The third-order valence-electron chi connectivity index (χ3n) is 6.01. The van der Waals surface area contributed by atoms with Crippen molar-refractivity contribution in [1.29, 1.82) is 0 Å². The number of hydrogen-bond donors (Lipinski definition) is 0. The molecule has 4 nitrogen and oxygen atoms in total. The second kappa shape index (κ2) is 8.49. The molecule has 0 spiro atoms. The fraction of sp³-hybridized carbons (Fsp3) is 0.625. The van der Waals surface area contributed by atoms with Crippen molar-refractivity contribution >= 4 is 19.5 Å². The summed E-state index contributed by atoms with van der Waals surface area (Å²) in [5, 5.41) is -1.07. The maximum absolute atomic E-state index is 13.2. The van der Waals surface area contributed by atoms with Gasteiger partial charge in [0.05, 0.1) is 0 Å². The Morgan fingerprint density at radius 2 is 1.38 bits per heavy atom. The smallest absolute Gasteiger partial charge is 0.311 e. The third-order valence-corrected chi connectivity index (χ3v) is 8.69. The molecule has 0 N–H and O–H groups in total. The Bertz CT molecular complexity index is 778. The van der Waals surface area contributed by atoms with E-state index in [4.69, 9.17) is 9.05 Å². The number of ketones is 1. The fourth-order valence-corrected chi connectivity index (χ4v) is 6.04. The van der Waals surface area contributed by atoms with E-state index >= 15 is 0 Å². The Kier molecular flexibility index (Phi) is 7.04. The van der Waals surface area contributed by atoms with Crippen molar-refractivity contribution in [2.45, 2.75) is 83.2 Å². The predicted octanol–water partition coefficient (Wildman–Crippen LogP) is 6.66.